The van der Waals surface area contributed by atoms with Crippen molar-refractivity contribution in [2.24, 2.45) is 5.73 Å². The molecule has 0 saturated carbocycles. The molecule has 1 saturated heterocycles. The molecule has 2 heterocycles. The molecular formula is C12H21N3OS. The van der Waals surface area contributed by atoms with E-state index < -0.39 is 0 Å². The number of rotatable bonds is 3. The number of aryl methyl sites for hydroxylation is 1. The number of morpholine rings is 1. The number of thiazole rings is 1. The van der Waals surface area contributed by atoms with E-state index in [4.69, 9.17) is 10.5 Å². The lowest BCUT2D eigenvalue weighted by Crippen LogP contribution is -2.50. The summed E-state index contributed by atoms with van der Waals surface area (Å²) in [5, 5.41) is 3.28. The minimum atomic E-state index is 0.0853. The summed E-state index contributed by atoms with van der Waals surface area (Å²) < 4.78 is 5.68. The molecule has 3 unspecified atom stereocenters. The van der Waals surface area contributed by atoms with E-state index >= 15 is 0 Å². The molecule has 0 spiro atoms. The highest BCUT2D eigenvalue weighted by Crippen LogP contribution is 2.24. The predicted molar refractivity (Wildman–Crippen MR) is 70.2 cm³/mol. The number of hydrogen-bond acceptors (Lipinski definition) is 5. The molecule has 2 N–H and O–H groups in total. The summed E-state index contributed by atoms with van der Waals surface area (Å²) in [7, 11) is 0. The molecule has 0 radical (unpaired) electrons. The zero-order chi connectivity index (χ0) is 12.4. The number of hydrogen-bond donors (Lipinski definition) is 1. The van der Waals surface area contributed by atoms with Crippen LogP contribution in [0.3, 0.4) is 0 Å². The van der Waals surface area contributed by atoms with Crippen LogP contribution in [0.2, 0.25) is 0 Å². The topological polar surface area (TPSA) is 51.4 Å². The van der Waals surface area contributed by atoms with Crippen molar-refractivity contribution < 1.29 is 4.74 Å². The first kappa shape index (κ1) is 13.0. The second-order valence-corrected chi connectivity index (χ2v) is 5.79. The van der Waals surface area contributed by atoms with Gasteiger partial charge >= 0.3 is 0 Å². The molecule has 17 heavy (non-hydrogen) atoms. The second kappa shape index (κ2) is 5.44. The SMILES string of the molecule is Cc1nc(C(C)N2CCOC(C(C)N)C2)cs1. The van der Waals surface area contributed by atoms with Gasteiger partial charge in [-0.15, -0.1) is 11.3 Å². The Morgan fingerprint density at radius 1 is 1.59 bits per heavy atom. The third kappa shape index (κ3) is 3.04. The number of ether oxygens (including phenoxy) is 1. The Balaban J connectivity index is 2.02. The van der Waals surface area contributed by atoms with E-state index in [0.29, 0.717) is 6.04 Å². The van der Waals surface area contributed by atoms with Crippen LogP contribution in [0.25, 0.3) is 0 Å². The second-order valence-electron chi connectivity index (χ2n) is 4.73. The minimum absolute atomic E-state index is 0.0853. The van der Waals surface area contributed by atoms with Crippen molar-refractivity contribution in [3.63, 3.8) is 0 Å². The van der Waals surface area contributed by atoms with Gasteiger partial charge in [0.2, 0.25) is 0 Å². The predicted octanol–water partition coefficient (Wildman–Crippen LogP) is 1.56. The van der Waals surface area contributed by atoms with Crippen LogP contribution in [0.4, 0.5) is 0 Å². The van der Waals surface area contributed by atoms with Crippen molar-refractivity contribution in [1.82, 2.24) is 9.88 Å². The highest BCUT2D eigenvalue weighted by Gasteiger charge is 2.27. The molecule has 3 atom stereocenters. The van der Waals surface area contributed by atoms with Gasteiger partial charge in [-0.1, -0.05) is 0 Å². The standard InChI is InChI=1S/C12H21N3OS/c1-8(13)12-6-15(4-5-16-12)9(2)11-7-17-10(3)14-11/h7-9,12H,4-6,13H2,1-3H3. The van der Waals surface area contributed by atoms with Crippen LogP contribution in [0.15, 0.2) is 5.38 Å². The number of nitrogens with two attached hydrogens (primary N) is 1. The van der Waals surface area contributed by atoms with E-state index in [-0.39, 0.29) is 12.1 Å². The van der Waals surface area contributed by atoms with Gasteiger partial charge in [0.1, 0.15) is 0 Å². The van der Waals surface area contributed by atoms with Gasteiger partial charge in [0.05, 0.1) is 29.5 Å². The van der Waals surface area contributed by atoms with Crippen LogP contribution in [0, 0.1) is 6.92 Å². The Morgan fingerprint density at radius 2 is 2.35 bits per heavy atom. The number of nitrogens with zero attached hydrogens (tertiary/aromatic N) is 2. The van der Waals surface area contributed by atoms with E-state index in [2.05, 4.69) is 22.2 Å². The van der Waals surface area contributed by atoms with Gasteiger partial charge in [0.25, 0.3) is 0 Å². The molecule has 4 nitrogen and oxygen atoms in total. The molecule has 1 aliphatic heterocycles. The Hall–Kier alpha value is -0.490. The molecule has 1 aromatic rings. The van der Waals surface area contributed by atoms with Crippen LogP contribution >= 0.6 is 11.3 Å². The van der Waals surface area contributed by atoms with Gasteiger partial charge < -0.3 is 10.5 Å². The lowest BCUT2D eigenvalue weighted by atomic mass is 10.1. The van der Waals surface area contributed by atoms with Crippen molar-refractivity contribution in [3.8, 4) is 0 Å². The maximum absolute atomic E-state index is 5.91. The van der Waals surface area contributed by atoms with Crippen molar-refractivity contribution in [1.29, 1.82) is 0 Å². The molecule has 1 fully saturated rings. The van der Waals surface area contributed by atoms with E-state index in [1.807, 2.05) is 13.8 Å². The lowest BCUT2D eigenvalue weighted by Gasteiger charge is -2.37. The minimum Gasteiger partial charge on any atom is -0.374 e. The quantitative estimate of drug-likeness (QED) is 0.890. The molecule has 0 aliphatic carbocycles. The molecule has 0 bridgehead atoms. The van der Waals surface area contributed by atoms with E-state index in [1.165, 1.54) is 0 Å². The van der Waals surface area contributed by atoms with Crippen LogP contribution in [-0.2, 0) is 4.74 Å². The average molecular weight is 255 g/mol. The Kier molecular flexibility index (Phi) is 4.14. The molecule has 5 heteroatoms. The van der Waals surface area contributed by atoms with Gasteiger partial charge in [-0.2, -0.15) is 0 Å². The normalized spacial score (nSPS) is 25.8. The van der Waals surface area contributed by atoms with Gasteiger partial charge in [-0.3, -0.25) is 4.90 Å². The molecule has 0 aromatic carbocycles. The monoisotopic (exact) mass is 255 g/mol. The summed E-state index contributed by atoms with van der Waals surface area (Å²) in [4.78, 5) is 6.97. The van der Waals surface area contributed by atoms with E-state index in [1.54, 1.807) is 11.3 Å². The van der Waals surface area contributed by atoms with E-state index in [9.17, 15) is 0 Å². The van der Waals surface area contributed by atoms with Crippen molar-refractivity contribution in [3.05, 3.63) is 16.1 Å². The Labute approximate surface area is 107 Å². The van der Waals surface area contributed by atoms with Crippen LogP contribution in [0.1, 0.15) is 30.6 Å². The average Bonchev–Trinajstić information content (AvgIpc) is 2.75. The molecule has 1 aliphatic rings. The molecule has 2 rings (SSSR count). The summed E-state index contributed by atoms with van der Waals surface area (Å²) in [6.07, 6.45) is 0.144. The van der Waals surface area contributed by atoms with Crippen molar-refractivity contribution in [2.75, 3.05) is 19.7 Å². The molecular weight excluding hydrogens is 234 g/mol. The molecule has 0 amide bonds. The smallest absolute Gasteiger partial charge is 0.0898 e. The van der Waals surface area contributed by atoms with Gasteiger partial charge in [-0.05, 0) is 20.8 Å². The van der Waals surface area contributed by atoms with Gasteiger partial charge in [0.15, 0.2) is 0 Å². The summed E-state index contributed by atoms with van der Waals surface area (Å²) in [6.45, 7) is 8.88. The van der Waals surface area contributed by atoms with Crippen LogP contribution in [-0.4, -0.2) is 41.7 Å². The van der Waals surface area contributed by atoms with E-state index in [0.717, 1.165) is 30.4 Å². The fraction of sp³-hybridized carbons (Fsp3) is 0.750. The number of aromatic nitrogens is 1. The first-order valence-corrected chi connectivity index (χ1v) is 6.99. The van der Waals surface area contributed by atoms with Gasteiger partial charge in [0, 0.05) is 24.5 Å². The summed E-state index contributed by atoms with van der Waals surface area (Å²) in [5.41, 5.74) is 7.07. The summed E-state index contributed by atoms with van der Waals surface area (Å²) >= 11 is 1.71. The highest BCUT2D eigenvalue weighted by molar-refractivity contribution is 7.09. The zero-order valence-electron chi connectivity index (χ0n) is 10.7. The molecule has 96 valence electrons. The highest BCUT2D eigenvalue weighted by atomic mass is 32.1. The maximum atomic E-state index is 5.91. The summed E-state index contributed by atoms with van der Waals surface area (Å²) in [6, 6.07) is 0.437. The fourth-order valence-corrected chi connectivity index (χ4v) is 2.82. The lowest BCUT2D eigenvalue weighted by molar-refractivity contribution is -0.0502. The Morgan fingerprint density at radius 3 is 2.94 bits per heavy atom. The van der Waals surface area contributed by atoms with Crippen molar-refractivity contribution >= 4 is 11.3 Å². The van der Waals surface area contributed by atoms with Gasteiger partial charge in [-0.25, -0.2) is 4.98 Å². The zero-order valence-corrected chi connectivity index (χ0v) is 11.5. The first-order valence-electron chi connectivity index (χ1n) is 6.11. The first-order chi connectivity index (χ1) is 8.08. The maximum Gasteiger partial charge on any atom is 0.0898 e. The third-order valence-corrected chi connectivity index (χ3v) is 4.12. The van der Waals surface area contributed by atoms with Crippen molar-refractivity contribution in [2.45, 2.75) is 39.0 Å². The largest absolute Gasteiger partial charge is 0.374 e. The third-order valence-electron chi connectivity index (χ3n) is 3.32. The van der Waals surface area contributed by atoms with Crippen LogP contribution in [0.5, 0.6) is 0 Å². The fourth-order valence-electron chi connectivity index (χ4n) is 2.13. The summed E-state index contributed by atoms with van der Waals surface area (Å²) in [5.74, 6) is 0. The Bertz CT molecular complexity index is 366. The van der Waals surface area contributed by atoms with Crippen LogP contribution < -0.4 is 5.73 Å². The molecule has 1 aromatic heterocycles.